The van der Waals surface area contributed by atoms with Crippen molar-refractivity contribution in [2.45, 2.75) is 19.5 Å². The SMILES string of the molecule is O=C(Cn1cc(-c2ccccc2)nn1)N1CCc2[nH]ncc2C1. The number of nitrogens with zero attached hydrogens (tertiary/aromatic N) is 5. The number of benzene rings is 1. The van der Waals surface area contributed by atoms with Crippen LogP contribution in [0.1, 0.15) is 11.3 Å². The van der Waals surface area contributed by atoms with Crippen LogP contribution in [0.25, 0.3) is 11.3 Å². The first-order chi connectivity index (χ1) is 11.3. The number of hydrogen-bond acceptors (Lipinski definition) is 4. The van der Waals surface area contributed by atoms with Crippen LogP contribution in [-0.4, -0.2) is 42.5 Å². The second-order valence-electron chi connectivity index (χ2n) is 5.61. The van der Waals surface area contributed by atoms with Crippen LogP contribution in [0.3, 0.4) is 0 Å². The van der Waals surface area contributed by atoms with Crippen LogP contribution in [0.2, 0.25) is 0 Å². The molecule has 2 aromatic heterocycles. The number of H-pyrrole nitrogens is 1. The number of nitrogens with one attached hydrogen (secondary N) is 1. The average molecular weight is 308 g/mol. The monoisotopic (exact) mass is 308 g/mol. The van der Waals surface area contributed by atoms with E-state index in [0.29, 0.717) is 13.1 Å². The molecule has 0 aliphatic carbocycles. The summed E-state index contributed by atoms with van der Waals surface area (Å²) in [5.41, 5.74) is 3.98. The van der Waals surface area contributed by atoms with E-state index in [9.17, 15) is 4.79 Å². The molecule has 3 heterocycles. The fourth-order valence-electron chi connectivity index (χ4n) is 2.79. The Hall–Kier alpha value is -2.96. The molecule has 1 aliphatic rings. The smallest absolute Gasteiger partial charge is 0.244 e. The zero-order valence-electron chi connectivity index (χ0n) is 12.5. The molecule has 0 unspecified atom stereocenters. The Morgan fingerprint density at radius 1 is 1.26 bits per heavy atom. The fraction of sp³-hybridized carbons (Fsp3) is 0.250. The lowest BCUT2D eigenvalue weighted by Gasteiger charge is -2.26. The molecular formula is C16H16N6O. The van der Waals surface area contributed by atoms with Crippen LogP contribution >= 0.6 is 0 Å². The summed E-state index contributed by atoms with van der Waals surface area (Å²) in [6.45, 7) is 1.51. The van der Waals surface area contributed by atoms with Gasteiger partial charge in [0, 0.05) is 36.3 Å². The third-order valence-electron chi connectivity index (χ3n) is 4.06. The van der Waals surface area contributed by atoms with Crippen molar-refractivity contribution in [3.05, 3.63) is 54.0 Å². The molecule has 1 aromatic carbocycles. The fourth-order valence-corrected chi connectivity index (χ4v) is 2.79. The molecule has 0 saturated carbocycles. The van der Waals surface area contributed by atoms with Gasteiger partial charge in [-0.2, -0.15) is 5.10 Å². The van der Waals surface area contributed by atoms with E-state index in [2.05, 4.69) is 20.5 Å². The van der Waals surface area contributed by atoms with Gasteiger partial charge in [-0.1, -0.05) is 35.5 Å². The van der Waals surface area contributed by atoms with Gasteiger partial charge in [0.05, 0.1) is 12.4 Å². The van der Waals surface area contributed by atoms with Crippen molar-refractivity contribution in [1.29, 1.82) is 0 Å². The summed E-state index contributed by atoms with van der Waals surface area (Å²) in [6.07, 6.45) is 4.41. The largest absolute Gasteiger partial charge is 0.336 e. The van der Waals surface area contributed by atoms with Crippen molar-refractivity contribution < 1.29 is 4.79 Å². The lowest BCUT2D eigenvalue weighted by atomic mass is 10.1. The molecular weight excluding hydrogens is 292 g/mol. The Kier molecular flexibility index (Phi) is 3.38. The topological polar surface area (TPSA) is 79.7 Å². The van der Waals surface area contributed by atoms with Gasteiger partial charge in [0.25, 0.3) is 0 Å². The van der Waals surface area contributed by atoms with Gasteiger partial charge in [0.1, 0.15) is 12.2 Å². The zero-order valence-corrected chi connectivity index (χ0v) is 12.5. The molecule has 7 nitrogen and oxygen atoms in total. The number of fused-ring (bicyclic) bond motifs is 1. The molecule has 0 spiro atoms. The summed E-state index contributed by atoms with van der Waals surface area (Å²) in [5, 5.41) is 15.2. The molecule has 0 bridgehead atoms. The number of amides is 1. The summed E-state index contributed by atoms with van der Waals surface area (Å²) < 4.78 is 1.59. The molecule has 3 aromatic rings. The van der Waals surface area contributed by atoms with Gasteiger partial charge in [-0.15, -0.1) is 5.10 Å². The highest BCUT2D eigenvalue weighted by Crippen LogP contribution is 2.17. The van der Waals surface area contributed by atoms with E-state index in [1.54, 1.807) is 17.1 Å². The predicted octanol–water partition coefficient (Wildman–Crippen LogP) is 1.25. The maximum absolute atomic E-state index is 12.5. The molecule has 116 valence electrons. The van der Waals surface area contributed by atoms with E-state index < -0.39 is 0 Å². The normalized spacial score (nSPS) is 13.8. The third kappa shape index (κ3) is 2.73. The molecule has 0 fully saturated rings. The molecule has 1 aliphatic heterocycles. The highest BCUT2D eigenvalue weighted by molar-refractivity contribution is 5.76. The average Bonchev–Trinajstić information content (AvgIpc) is 3.24. The number of carbonyl (C=O) groups excluding carboxylic acids is 1. The Labute approximate surface area is 132 Å². The minimum Gasteiger partial charge on any atom is -0.336 e. The lowest BCUT2D eigenvalue weighted by molar-refractivity contribution is -0.133. The number of hydrogen-bond donors (Lipinski definition) is 1. The van der Waals surface area contributed by atoms with E-state index in [1.165, 1.54) is 0 Å². The molecule has 1 N–H and O–H groups in total. The van der Waals surface area contributed by atoms with Gasteiger partial charge in [-0.25, -0.2) is 4.68 Å². The number of aromatic nitrogens is 5. The molecule has 0 atom stereocenters. The first kappa shape index (κ1) is 13.7. The second-order valence-corrected chi connectivity index (χ2v) is 5.61. The van der Waals surface area contributed by atoms with E-state index in [1.807, 2.05) is 35.2 Å². The van der Waals surface area contributed by atoms with Gasteiger partial charge in [0.15, 0.2) is 0 Å². The summed E-state index contributed by atoms with van der Waals surface area (Å²) in [4.78, 5) is 14.3. The summed E-state index contributed by atoms with van der Waals surface area (Å²) >= 11 is 0. The van der Waals surface area contributed by atoms with Crippen LogP contribution in [0, 0.1) is 0 Å². The van der Waals surface area contributed by atoms with E-state index in [4.69, 9.17) is 0 Å². The lowest BCUT2D eigenvalue weighted by Crippen LogP contribution is -2.37. The second kappa shape index (κ2) is 5.68. The van der Waals surface area contributed by atoms with Gasteiger partial charge in [0.2, 0.25) is 5.91 Å². The van der Waals surface area contributed by atoms with Gasteiger partial charge in [-0.05, 0) is 0 Å². The highest BCUT2D eigenvalue weighted by atomic mass is 16.2. The van der Waals surface area contributed by atoms with Crippen LogP contribution in [0.5, 0.6) is 0 Å². The summed E-state index contributed by atoms with van der Waals surface area (Å²) in [6, 6.07) is 9.81. The zero-order chi connectivity index (χ0) is 15.6. The van der Waals surface area contributed by atoms with Crippen LogP contribution in [-0.2, 0) is 24.3 Å². The van der Waals surface area contributed by atoms with Crippen molar-refractivity contribution in [2.24, 2.45) is 0 Å². The van der Waals surface area contributed by atoms with Crippen molar-refractivity contribution in [2.75, 3.05) is 6.54 Å². The number of aromatic amines is 1. The maximum Gasteiger partial charge on any atom is 0.244 e. The Morgan fingerprint density at radius 3 is 3.00 bits per heavy atom. The van der Waals surface area contributed by atoms with E-state index in [-0.39, 0.29) is 12.5 Å². The quantitative estimate of drug-likeness (QED) is 0.790. The van der Waals surface area contributed by atoms with Crippen molar-refractivity contribution in [3.63, 3.8) is 0 Å². The third-order valence-corrected chi connectivity index (χ3v) is 4.06. The summed E-state index contributed by atoms with van der Waals surface area (Å²) in [7, 11) is 0. The van der Waals surface area contributed by atoms with Crippen molar-refractivity contribution in [3.8, 4) is 11.3 Å². The van der Waals surface area contributed by atoms with E-state index in [0.717, 1.165) is 28.9 Å². The standard InChI is InChI=1S/C16H16N6O/c23-16(21-7-6-14-13(9-21)8-17-18-14)11-22-10-15(19-20-22)12-4-2-1-3-5-12/h1-5,8,10H,6-7,9,11H2,(H,17,18). The summed E-state index contributed by atoms with van der Waals surface area (Å²) in [5.74, 6) is 0.0429. The Morgan fingerprint density at radius 2 is 2.13 bits per heavy atom. The first-order valence-electron chi connectivity index (χ1n) is 7.54. The first-order valence-corrected chi connectivity index (χ1v) is 7.54. The Balaban J connectivity index is 1.45. The van der Waals surface area contributed by atoms with Gasteiger partial charge >= 0.3 is 0 Å². The minimum atomic E-state index is 0.0429. The van der Waals surface area contributed by atoms with Gasteiger partial charge in [-0.3, -0.25) is 9.89 Å². The number of carbonyl (C=O) groups is 1. The van der Waals surface area contributed by atoms with Gasteiger partial charge < -0.3 is 4.90 Å². The molecule has 1 amide bonds. The van der Waals surface area contributed by atoms with Crippen molar-refractivity contribution >= 4 is 5.91 Å². The van der Waals surface area contributed by atoms with Crippen LogP contribution in [0.15, 0.2) is 42.7 Å². The maximum atomic E-state index is 12.5. The molecule has 0 saturated heterocycles. The predicted molar refractivity (Wildman–Crippen MR) is 83.2 cm³/mol. The van der Waals surface area contributed by atoms with Crippen molar-refractivity contribution in [1.82, 2.24) is 30.1 Å². The molecule has 23 heavy (non-hydrogen) atoms. The van der Waals surface area contributed by atoms with Crippen LogP contribution in [0.4, 0.5) is 0 Å². The molecule has 4 rings (SSSR count). The van der Waals surface area contributed by atoms with E-state index >= 15 is 0 Å². The highest BCUT2D eigenvalue weighted by Gasteiger charge is 2.22. The van der Waals surface area contributed by atoms with Crippen LogP contribution < -0.4 is 0 Å². The Bertz CT molecular complexity index is 822. The minimum absolute atomic E-state index is 0.0429. The number of rotatable bonds is 3. The molecule has 7 heteroatoms. The molecule has 0 radical (unpaired) electrons.